The van der Waals surface area contributed by atoms with Crippen LogP contribution in [0.1, 0.15) is 21.7 Å². The Hall–Kier alpha value is -3.25. The molecule has 0 aliphatic heterocycles. The maximum atomic E-state index is 12.1. The lowest BCUT2D eigenvalue weighted by atomic mass is 10.1. The molecule has 0 unspecified atom stereocenters. The van der Waals surface area contributed by atoms with Crippen LogP contribution in [0.3, 0.4) is 0 Å². The number of carbonyl (C=O) groups is 2. The molecule has 2 N–H and O–H groups in total. The lowest BCUT2D eigenvalue weighted by molar-refractivity contribution is -0.123. The summed E-state index contributed by atoms with van der Waals surface area (Å²) in [6.07, 6.45) is 0. The standard InChI is InChI=1S/C21H19ClN2O4/c1-13-7-8-15(11-14(13)2)27-12-20(25)23-24-21(26)19-10-9-18(28-19)16-5-3-4-6-17(16)22/h3-11H,12H2,1-2H3,(H,23,25)(H,24,26). The van der Waals surface area contributed by atoms with Gasteiger partial charge in [-0.15, -0.1) is 0 Å². The third-order valence-electron chi connectivity index (χ3n) is 4.13. The van der Waals surface area contributed by atoms with Gasteiger partial charge >= 0.3 is 5.91 Å². The predicted molar refractivity (Wildman–Crippen MR) is 106 cm³/mol. The number of carbonyl (C=O) groups excluding carboxylic acids is 2. The van der Waals surface area contributed by atoms with Crippen LogP contribution in [0.4, 0.5) is 0 Å². The Kier molecular flexibility index (Phi) is 6.01. The highest BCUT2D eigenvalue weighted by Crippen LogP contribution is 2.28. The molecular weight excluding hydrogens is 380 g/mol. The van der Waals surface area contributed by atoms with E-state index in [4.69, 9.17) is 20.8 Å². The van der Waals surface area contributed by atoms with Gasteiger partial charge in [0.15, 0.2) is 12.4 Å². The van der Waals surface area contributed by atoms with E-state index >= 15 is 0 Å². The van der Waals surface area contributed by atoms with Crippen molar-refractivity contribution in [3.8, 4) is 17.1 Å². The molecule has 1 aromatic heterocycles. The normalized spacial score (nSPS) is 10.4. The van der Waals surface area contributed by atoms with Gasteiger partial charge in [0.1, 0.15) is 11.5 Å². The van der Waals surface area contributed by atoms with Crippen LogP contribution >= 0.6 is 11.6 Å². The molecule has 3 rings (SSSR count). The van der Waals surface area contributed by atoms with Gasteiger partial charge in [-0.25, -0.2) is 0 Å². The average Bonchev–Trinajstić information content (AvgIpc) is 3.17. The first kappa shape index (κ1) is 19.5. The summed E-state index contributed by atoms with van der Waals surface area (Å²) in [4.78, 5) is 24.0. The van der Waals surface area contributed by atoms with Crippen molar-refractivity contribution in [2.75, 3.05) is 6.61 Å². The van der Waals surface area contributed by atoms with Crippen LogP contribution in [-0.2, 0) is 4.79 Å². The Balaban J connectivity index is 1.52. The molecule has 0 saturated carbocycles. The van der Waals surface area contributed by atoms with E-state index in [1.807, 2.05) is 32.0 Å². The number of rotatable bonds is 5. The minimum atomic E-state index is -0.585. The van der Waals surface area contributed by atoms with Gasteiger partial charge in [-0.2, -0.15) is 0 Å². The van der Waals surface area contributed by atoms with Crippen LogP contribution in [-0.4, -0.2) is 18.4 Å². The highest BCUT2D eigenvalue weighted by Gasteiger charge is 2.14. The Morgan fingerprint density at radius 1 is 1.00 bits per heavy atom. The van der Waals surface area contributed by atoms with Crippen LogP contribution in [0.25, 0.3) is 11.3 Å². The maximum Gasteiger partial charge on any atom is 0.305 e. The predicted octanol–water partition coefficient (Wildman–Crippen LogP) is 4.06. The summed E-state index contributed by atoms with van der Waals surface area (Å²) in [7, 11) is 0. The van der Waals surface area contributed by atoms with Crippen molar-refractivity contribution >= 4 is 23.4 Å². The highest BCUT2D eigenvalue weighted by atomic mass is 35.5. The van der Waals surface area contributed by atoms with Crippen LogP contribution in [0.15, 0.2) is 59.0 Å². The fourth-order valence-electron chi connectivity index (χ4n) is 2.44. The molecule has 2 amide bonds. The number of nitrogens with one attached hydrogen (secondary N) is 2. The maximum absolute atomic E-state index is 12.1. The second-order valence-corrected chi connectivity index (χ2v) is 6.59. The van der Waals surface area contributed by atoms with Gasteiger partial charge in [0.05, 0.1) is 5.02 Å². The molecule has 1 heterocycles. The first-order valence-corrected chi connectivity index (χ1v) is 8.96. The van der Waals surface area contributed by atoms with Crippen molar-refractivity contribution in [1.29, 1.82) is 0 Å². The van der Waals surface area contributed by atoms with Gasteiger partial charge in [0, 0.05) is 5.56 Å². The first-order chi connectivity index (χ1) is 13.4. The number of hydrazine groups is 1. The zero-order chi connectivity index (χ0) is 20.1. The fourth-order valence-corrected chi connectivity index (χ4v) is 2.67. The monoisotopic (exact) mass is 398 g/mol. The van der Waals surface area contributed by atoms with Gasteiger partial charge in [-0.1, -0.05) is 29.8 Å². The van der Waals surface area contributed by atoms with Crippen molar-refractivity contribution in [2.24, 2.45) is 0 Å². The molecule has 0 spiro atoms. The second kappa shape index (κ2) is 8.63. The quantitative estimate of drug-likeness (QED) is 0.635. The van der Waals surface area contributed by atoms with Crippen molar-refractivity contribution in [3.63, 3.8) is 0 Å². The number of hydrogen-bond donors (Lipinski definition) is 2. The average molecular weight is 399 g/mol. The third-order valence-corrected chi connectivity index (χ3v) is 4.46. The lowest BCUT2D eigenvalue weighted by Crippen LogP contribution is -2.43. The Labute approximate surface area is 167 Å². The fraction of sp³-hybridized carbons (Fsp3) is 0.143. The molecule has 0 fully saturated rings. The summed E-state index contributed by atoms with van der Waals surface area (Å²) >= 11 is 6.12. The molecule has 7 heteroatoms. The van der Waals surface area contributed by atoms with E-state index in [-0.39, 0.29) is 12.4 Å². The first-order valence-electron chi connectivity index (χ1n) is 8.58. The van der Waals surface area contributed by atoms with E-state index < -0.39 is 11.8 Å². The Bertz CT molecular complexity index is 1010. The molecule has 144 valence electrons. The third kappa shape index (κ3) is 4.72. The second-order valence-electron chi connectivity index (χ2n) is 6.18. The highest BCUT2D eigenvalue weighted by molar-refractivity contribution is 6.33. The number of amides is 2. The van der Waals surface area contributed by atoms with Crippen LogP contribution in [0.5, 0.6) is 5.75 Å². The largest absolute Gasteiger partial charge is 0.484 e. The van der Waals surface area contributed by atoms with E-state index in [1.54, 1.807) is 30.3 Å². The smallest absolute Gasteiger partial charge is 0.305 e. The minimum Gasteiger partial charge on any atom is -0.484 e. The molecule has 0 radical (unpaired) electrons. The molecule has 6 nitrogen and oxygen atoms in total. The van der Waals surface area contributed by atoms with E-state index in [9.17, 15) is 9.59 Å². The number of ether oxygens (including phenoxy) is 1. The Morgan fingerprint density at radius 3 is 2.54 bits per heavy atom. The molecule has 0 aliphatic carbocycles. The molecule has 3 aromatic rings. The number of aryl methyl sites for hydroxylation is 2. The number of benzene rings is 2. The topological polar surface area (TPSA) is 80.6 Å². The van der Waals surface area contributed by atoms with E-state index in [0.717, 1.165) is 11.1 Å². The van der Waals surface area contributed by atoms with Gasteiger partial charge in [-0.05, 0) is 61.4 Å². The van der Waals surface area contributed by atoms with Gasteiger partial charge in [-0.3, -0.25) is 20.4 Å². The molecule has 0 atom stereocenters. The lowest BCUT2D eigenvalue weighted by Gasteiger charge is -2.09. The van der Waals surface area contributed by atoms with Crippen LogP contribution < -0.4 is 15.6 Å². The summed E-state index contributed by atoms with van der Waals surface area (Å²) in [5.41, 5.74) is 7.46. The Morgan fingerprint density at radius 2 is 1.79 bits per heavy atom. The van der Waals surface area contributed by atoms with Crippen molar-refractivity contribution in [1.82, 2.24) is 10.9 Å². The van der Waals surface area contributed by atoms with E-state index in [1.165, 1.54) is 6.07 Å². The van der Waals surface area contributed by atoms with Gasteiger partial charge in [0.25, 0.3) is 5.91 Å². The summed E-state index contributed by atoms with van der Waals surface area (Å²) in [5.74, 6) is 0.00716. The molecule has 28 heavy (non-hydrogen) atoms. The number of furan rings is 1. The molecule has 0 aliphatic rings. The summed E-state index contributed by atoms with van der Waals surface area (Å²) in [6.45, 7) is 3.72. The van der Waals surface area contributed by atoms with Gasteiger partial charge < -0.3 is 9.15 Å². The van der Waals surface area contributed by atoms with Crippen LogP contribution in [0, 0.1) is 13.8 Å². The summed E-state index contributed by atoms with van der Waals surface area (Å²) < 4.78 is 10.9. The van der Waals surface area contributed by atoms with Gasteiger partial charge in [0.2, 0.25) is 0 Å². The van der Waals surface area contributed by atoms with Crippen molar-refractivity contribution in [2.45, 2.75) is 13.8 Å². The zero-order valence-corrected chi connectivity index (χ0v) is 16.2. The van der Waals surface area contributed by atoms with Crippen LogP contribution in [0.2, 0.25) is 5.02 Å². The number of halogens is 1. The summed E-state index contributed by atoms with van der Waals surface area (Å²) in [6, 6.07) is 15.8. The zero-order valence-electron chi connectivity index (χ0n) is 15.4. The van der Waals surface area contributed by atoms with Crippen molar-refractivity contribution in [3.05, 3.63) is 76.5 Å². The van der Waals surface area contributed by atoms with E-state index in [2.05, 4.69) is 10.9 Å². The molecule has 0 bridgehead atoms. The molecule has 2 aromatic carbocycles. The molecule has 0 saturated heterocycles. The van der Waals surface area contributed by atoms with Crippen molar-refractivity contribution < 1.29 is 18.7 Å². The summed E-state index contributed by atoms with van der Waals surface area (Å²) in [5, 5.41) is 0.514. The minimum absolute atomic E-state index is 0.0466. The van der Waals surface area contributed by atoms with E-state index in [0.29, 0.717) is 22.1 Å². The number of hydrogen-bond acceptors (Lipinski definition) is 4. The SMILES string of the molecule is Cc1ccc(OCC(=O)NNC(=O)c2ccc(-c3ccccc3Cl)o2)cc1C. The molecular formula is C21H19ClN2O4.